The minimum atomic E-state index is 0.625. The smallest absolute Gasteiger partial charge is 0.0834 e. The van der Waals surface area contributed by atoms with Crippen LogP contribution in [0, 0.1) is 0 Å². The zero-order valence-corrected chi connectivity index (χ0v) is 6.14. The lowest BCUT2D eigenvalue weighted by Gasteiger charge is -1.99. The second kappa shape index (κ2) is 7.88. The van der Waals surface area contributed by atoms with Gasteiger partial charge in [0.2, 0.25) is 0 Å². The molecule has 0 radical (unpaired) electrons. The van der Waals surface area contributed by atoms with Crippen LogP contribution >= 0.6 is 0 Å². The lowest BCUT2D eigenvalue weighted by molar-refractivity contribution is -0.291. The molecular weight excluding hydrogens is 118 g/mol. The maximum absolute atomic E-state index is 4.74. The van der Waals surface area contributed by atoms with Crippen molar-refractivity contribution in [3.05, 3.63) is 0 Å². The Morgan fingerprint density at radius 3 is 2.67 bits per heavy atom. The van der Waals surface area contributed by atoms with Crippen molar-refractivity contribution in [2.45, 2.75) is 13.3 Å². The molecule has 0 heterocycles. The molecule has 0 amide bonds. The summed E-state index contributed by atoms with van der Waals surface area (Å²) in [4.78, 5) is 9.40. The van der Waals surface area contributed by atoms with Gasteiger partial charge in [-0.3, -0.25) is 0 Å². The predicted molar refractivity (Wildman–Crippen MR) is 36.1 cm³/mol. The molecule has 1 N–H and O–H groups in total. The van der Waals surface area contributed by atoms with E-state index >= 15 is 0 Å². The van der Waals surface area contributed by atoms with Gasteiger partial charge in [0.05, 0.1) is 13.2 Å². The Hall–Kier alpha value is -0.120. The van der Waals surface area contributed by atoms with E-state index in [4.69, 9.17) is 4.89 Å². The number of rotatable bonds is 6. The molecule has 0 saturated heterocycles. The van der Waals surface area contributed by atoms with Crippen LogP contribution in [0.25, 0.3) is 0 Å². The summed E-state index contributed by atoms with van der Waals surface area (Å²) >= 11 is 0. The fourth-order valence-corrected chi connectivity index (χ4v) is 0.450. The van der Waals surface area contributed by atoms with Crippen LogP contribution in [0.5, 0.6) is 0 Å². The molecule has 56 valence electrons. The highest BCUT2D eigenvalue weighted by atomic mass is 17.2. The molecule has 0 aliphatic rings. The van der Waals surface area contributed by atoms with Gasteiger partial charge in [-0.1, -0.05) is 0 Å². The maximum atomic E-state index is 4.74. The van der Waals surface area contributed by atoms with Crippen LogP contribution in [0.1, 0.15) is 13.3 Å². The van der Waals surface area contributed by atoms with Gasteiger partial charge in [0.25, 0.3) is 0 Å². The summed E-state index contributed by atoms with van der Waals surface area (Å²) in [5, 5.41) is 3.01. The Balaban J connectivity index is 2.60. The number of hydrogen-bond donors (Lipinski definition) is 1. The summed E-state index contributed by atoms with van der Waals surface area (Å²) < 4.78 is 0. The zero-order valence-electron chi connectivity index (χ0n) is 6.14. The van der Waals surface area contributed by atoms with Gasteiger partial charge < -0.3 is 5.32 Å². The van der Waals surface area contributed by atoms with Gasteiger partial charge in [0.1, 0.15) is 0 Å². The first-order valence-corrected chi connectivity index (χ1v) is 3.30. The average molecular weight is 133 g/mol. The Kier molecular flexibility index (Phi) is 7.77. The van der Waals surface area contributed by atoms with Crippen LogP contribution in [0.15, 0.2) is 0 Å². The first-order valence-electron chi connectivity index (χ1n) is 3.30. The molecule has 9 heavy (non-hydrogen) atoms. The fourth-order valence-electron chi connectivity index (χ4n) is 0.450. The maximum Gasteiger partial charge on any atom is 0.0834 e. The Labute approximate surface area is 56.3 Å². The molecule has 0 aliphatic heterocycles. The Morgan fingerprint density at radius 1 is 1.33 bits per heavy atom. The fraction of sp³-hybridized carbons (Fsp3) is 1.00. The summed E-state index contributed by atoms with van der Waals surface area (Å²) in [5.41, 5.74) is 0. The molecule has 0 fully saturated rings. The van der Waals surface area contributed by atoms with E-state index in [-0.39, 0.29) is 0 Å². The molecule has 0 aliphatic carbocycles. The predicted octanol–water partition coefficient (Wildman–Crippen LogP) is 0.564. The molecule has 0 atom stereocenters. The molecule has 3 nitrogen and oxygen atoms in total. The van der Waals surface area contributed by atoms with Crippen LogP contribution in [-0.4, -0.2) is 26.8 Å². The van der Waals surface area contributed by atoms with Crippen molar-refractivity contribution in [2.75, 3.05) is 26.8 Å². The molecule has 0 unspecified atom stereocenters. The minimum Gasteiger partial charge on any atom is -0.320 e. The van der Waals surface area contributed by atoms with Crippen LogP contribution in [-0.2, 0) is 9.78 Å². The first-order chi connectivity index (χ1) is 4.41. The molecular formula is C6H15NO2. The van der Waals surface area contributed by atoms with Crippen LogP contribution in [0.2, 0.25) is 0 Å². The van der Waals surface area contributed by atoms with Crippen molar-refractivity contribution >= 4 is 0 Å². The molecule has 0 rings (SSSR count). The van der Waals surface area contributed by atoms with Crippen molar-refractivity contribution in [1.82, 2.24) is 5.32 Å². The van der Waals surface area contributed by atoms with Gasteiger partial charge in [-0.25, -0.2) is 9.78 Å². The Bertz CT molecular complexity index is 44.3. The second-order valence-electron chi connectivity index (χ2n) is 1.69. The van der Waals surface area contributed by atoms with Crippen molar-refractivity contribution < 1.29 is 9.78 Å². The summed E-state index contributed by atoms with van der Waals surface area (Å²) in [7, 11) is 1.92. The van der Waals surface area contributed by atoms with Crippen molar-refractivity contribution in [1.29, 1.82) is 0 Å². The number of hydrogen-bond acceptors (Lipinski definition) is 3. The normalized spacial score (nSPS) is 10.0. The monoisotopic (exact) mass is 133 g/mol. The molecule has 0 aromatic carbocycles. The van der Waals surface area contributed by atoms with E-state index in [0.29, 0.717) is 13.2 Å². The van der Waals surface area contributed by atoms with Gasteiger partial charge in [0, 0.05) is 0 Å². The van der Waals surface area contributed by atoms with E-state index in [1.165, 1.54) is 0 Å². The molecule has 0 saturated carbocycles. The van der Waals surface area contributed by atoms with Gasteiger partial charge in [-0.05, 0) is 26.9 Å². The molecule has 0 bridgehead atoms. The first kappa shape index (κ1) is 8.88. The molecule has 0 spiro atoms. The van der Waals surface area contributed by atoms with Crippen molar-refractivity contribution in [3.8, 4) is 0 Å². The van der Waals surface area contributed by atoms with Crippen LogP contribution in [0.4, 0.5) is 0 Å². The zero-order chi connectivity index (χ0) is 6.95. The van der Waals surface area contributed by atoms with E-state index in [9.17, 15) is 0 Å². The summed E-state index contributed by atoms with van der Waals surface area (Å²) in [6.45, 7) is 4.18. The summed E-state index contributed by atoms with van der Waals surface area (Å²) in [5.74, 6) is 0. The summed E-state index contributed by atoms with van der Waals surface area (Å²) in [6, 6.07) is 0. The van der Waals surface area contributed by atoms with Crippen LogP contribution in [0.3, 0.4) is 0 Å². The molecule has 3 heteroatoms. The third-order valence-electron chi connectivity index (χ3n) is 0.856. The van der Waals surface area contributed by atoms with Gasteiger partial charge in [-0.2, -0.15) is 0 Å². The lowest BCUT2D eigenvalue weighted by Crippen LogP contribution is -2.10. The SMILES string of the molecule is CCOOCCCNC. The van der Waals surface area contributed by atoms with E-state index in [1.807, 2.05) is 14.0 Å². The Morgan fingerprint density at radius 2 is 2.11 bits per heavy atom. The molecule has 0 aromatic rings. The van der Waals surface area contributed by atoms with E-state index in [0.717, 1.165) is 13.0 Å². The summed E-state index contributed by atoms with van der Waals surface area (Å²) in [6.07, 6.45) is 0.997. The van der Waals surface area contributed by atoms with E-state index in [2.05, 4.69) is 10.2 Å². The number of nitrogens with one attached hydrogen (secondary N) is 1. The highest BCUT2D eigenvalue weighted by Crippen LogP contribution is 1.81. The van der Waals surface area contributed by atoms with Crippen molar-refractivity contribution in [2.24, 2.45) is 0 Å². The average Bonchev–Trinajstić information content (AvgIpc) is 1.89. The minimum absolute atomic E-state index is 0.625. The van der Waals surface area contributed by atoms with E-state index in [1.54, 1.807) is 0 Å². The third kappa shape index (κ3) is 7.88. The standard InChI is InChI=1S/C6H15NO2/c1-3-8-9-6-4-5-7-2/h7H,3-6H2,1-2H3. The van der Waals surface area contributed by atoms with Gasteiger partial charge in [-0.15, -0.1) is 0 Å². The van der Waals surface area contributed by atoms with E-state index < -0.39 is 0 Å². The largest absolute Gasteiger partial charge is 0.320 e. The highest BCUT2D eigenvalue weighted by Gasteiger charge is 1.84. The quantitative estimate of drug-likeness (QED) is 0.326. The topological polar surface area (TPSA) is 30.5 Å². The van der Waals surface area contributed by atoms with Gasteiger partial charge in [0.15, 0.2) is 0 Å². The lowest BCUT2D eigenvalue weighted by atomic mass is 10.5. The van der Waals surface area contributed by atoms with Gasteiger partial charge >= 0.3 is 0 Å². The second-order valence-corrected chi connectivity index (χ2v) is 1.69. The third-order valence-corrected chi connectivity index (χ3v) is 0.856. The highest BCUT2D eigenvalue weighted by molar-refractivity contribution is 4.36. The van der Waals surface area contributed by atoms with Crippen LogP contribution < -0.4 is 5.32 Å². The molecule has 0 aromatic heterocycles. The van der Waals surface area contributed by atoms with Crippen molar-refractivity contribution in [3.63, 3.8) is 0 Å².